The minimum Gasteiger partial charge on any atom is -0.478 e. The zero-order valence-electron chi connectivity index (χ0n) is 8.87. The number of hydrogen-bond acceptors (Lipinski definition) is 2. The van der Waals surface area contributed by atoms with Crippen LogP contribution in [0.5, 0.6) is 0 Å². The van der Waals surface area contributed by atoms with Crippen molar-refractivity contribution in [2.24, 2.45) is 0 Å². The molecule has 1 fully saturated rings. The largest absolute Gasteiger partial charge is 0.478 e. The number of carbonyl (C=O) groups is 1. The molecule has 1 aliphatic carbocycles. The van der Waals surface area contributed by atoms with Crippen LogP contribution in [0.3, 0.4) is 0 Å². The highest BCUT2D eigenvalue weighted by atomic mass is 19.1. The van der Waals surface area contributed by atoms with Gasteiger partial charge in [-0.1, -0.05) is 18.9 Å². The van der Waals surface area contributed by atoms with E-state index in [9.17, 15) is 9.18 Å². The number of para-hydroxylation sites is 1. The van der Waals surface area contributed by atoms with Crippen molar-refractivity contribution in [2.45, 2.75) is 31.7 Å². The van der Waals surface area contributed by atoms with Gasteiger partial charge in [0.05, 0.1) is 11.3 Å². The molecule has 0 heterocycles. The van der Waals surface area contributed by atoms with Gasteiger partial charge in [0.1, 0.15) is 5.82 Å². The third kappa shape index (κ3) is 2.15. The van der Waals surface area contributed by atoms with Crippen LogP contribution in [0.2, 0.25) is 0 Å². The molecule has 0 spiro atoms. The van der Waals surface area contributed by atoms with Gasteiger partial charge in [0, 0.05) is 6.04 Å². The standard InChI is InChI=1S/C12H14FNO2/c13-10-7-3-6-9(12(15)16)11(10)14-8-4-1-2-5-8/h3,6-8,14H,1-2,4-5H2,(H,15,16). The summed E-state index contributed by atoms with van der Waals surface area (Å²) in [6, 6.07) is 4.32. The van der Waals surface area contributed by atoms with Crippen LogP contribution in [0.4, 0.5) is 10.1 Å². The van der Waals surface area contributed by atoms with E-state index in [1.165, 1.54) is 18.2 Å². The first-order valence-electron chi connectivity index (χ1n) is 5.47. The van der Waals surface area contributed by atoms with Crippen LogP contribution in [-0.2, 0) is 0 Å². The molecule has 2 N–H and O–H groups in total. The fourth-order valence-electron chi connectivity index (χ4n) is 2.12. The van der Waals surface area contributed by atoms with Gasteiger partial charge in [0.2, 0.25) is 0 Å². The van der Waals surface area contributed by atoms with Gasteiger partial charge in [0.15, 0.2) is 0 Å². The van der Waals surface area contributed by atoms with Gasteiger partial charge in [-0.3, -0.25) is 0 Å². The highest BCUT2D eigenvalue weighted by molar-refractivity contribution is 5.94. The van der Waals surface area contributed by atoms with Crippen molar-refractivity contribution in [3.05, 3.63) is 29.6 Å². The van der Waals surface area contributed by atoms with Crippen LogP contribution in [0, 0.1) is 5.82 Å². The molecule has 0 bridgehead atoms. The summed E-state index contributed by atoms with van der Waals surface area (Å²) in [5.41, 5.74) is 0.133. The van der Waals surface area contributed by atoms with Crippen molar-refractivity contribution < 1.29 is 14.3 Å². The van der Waals surface area contributed by atoms with Crippen LogP contribution >= 0.6 is 0 Å². The van der Waals surface area contributed by atoms with E-state index in [1.54, 1.807) is 0 Å². The summed E-state index contributed by atoms with van der Waals surface area (Å²) in [6.07, 6.45) is 4.20. The average Bonchev–Trinajstić information content (AvgIpc) is 2.73. The molecular weight excluding hydrogens is 209 g/mol. The van der Waals surface area contributed by atoms with Gasteiger partial charge in [-0.25, -0.2) is 9.18 Å². The molecule has 1 aromatic carbocycles. The van der Waals surface area contributed by atoms with Crippen molar-refractivity contribution in [2.75, 3.05) is 5.32 Å². The number of carboxylic acid groups (broad SMARTS) is 1. The third-order valence-corrected chi connectivity index (χ3v) is 2.95. The lowest BCUT2D eigenvalue weighted by Gasteiger charge is -2.16. The molecule has 0 amide bonds. The predicted molar refractivity (Wildman–Crippen MR) is 59.2 cm³/mol. The van der Waals surface area contributed by atoms with E-state index < -0.39 is 11.8 Å². The van der Waals surface area contributed by atoms with Crippen molar-refractivity contribution >= 4 is 11.7 Å². The molecule has 1 aliphatic rings. The van der Waals surface area contributed by atoms with Crippen LogP contribution in [0.1, 0.15) is 36.0 Å². The zero-order valence-corrected chi connectivity index (χ0v) is 8.87. The van der Waals surface area contributed by atoms with Gasteiger partial charge in [-0.2, -0.15) is 0 Å². The highest BCUT2D eigenvalue weighted by Gasteiger charge is 2.20. The Bertz CT molecular complexity index is 400. The summed E-state index contributed by atoms with van der Waals surface area (Å²) in [4.78, 5) is 10.9. The SMILES string of the molecule is O=C(O)c1cccc(F)c1NC1CCCC1. The number of nitrogens with one attached hydrogen (secondary N) is 1. The normalized spacial score (nSPS) is 16.3. The molecule has 2 rings (SSSR count). The average molecular weight is 223 g/mol. The lowest BCUT2D eigenvalue weighted by molar-refractivity contribution is 0.0697. The summed E-state index contributed by atoms with van der Waals surface area (Å²) in [7, 11) is 0. The number of hydrogen-bond donors (Lipinski definition) is 2. The van der Waals surface area contributed by atoms with Gasteiger partial charge >= 0.3 is 5.97 Å². The summed E-state index contributed by atoms with van der Waals surface area (Å²) in [6.45, 7) is 0. The Hall–Kier alpha value is -1.58. The van der Waals surface area contributed by atoms with E-state index >= 15 is 0 Å². The van der Waals surface area contributed by atoms with Crippen LogP contribution in [0.25, 0.3) is 0 Å². The second-order valence-electron chi connectivity index (χ2n) is 4.09. The van der Waals surface area contributed by atoms with Crippen molar-refractivity contribution in [3.63, 3.8) is 0 Å². The number of rotatable bonds is 3. The predicted octanol–water partition coefficient (Wildman–Crippen LogP) is 2.88. The lowest BCUT2D eigenvalue weighted by Crippen LogP contribution is -2.18. The van der Waals surface area contributed by atoms with Gasteiger partial charge in [-0.15, -0.1) is 0 Å². The Morgan fingerprint density at radius 2 is 2.06 bits per heavy atom. The number of carboxylic acids is 1. The third-order valence-electron chi connectivity index (χ3n) is 2.95. The Morgan fingerprint density at radius 1 is 1.38 bits per heavy atom. The summed E-state index contributed by atoms with van der Waals surface area (Å²) in [5.74, 6) is -1.59. The van der Waals surface area contributed by atoms with E-state index in [-0.39, 0.29) is 17.3 Å². The molecule has 0 radical (unpaired) electrons. The van der Waals surface area contributed by atoms with E-state index in [0.29, 0.717) is 0 Å². The minimum atomic E-state index is -1.10. The Labute approximate surface area is 93.3 Å². The second-order valence-corrected chi connectivity index (χ2v) is 4.09. The first-order valence-corrected chi connectivity index (χ1v) is 5.47. The topological polar surface area (TPSA) is 49.3 Å². The molecule has 4 heteroatoms. The quantitative estimate of drug-likeness (QED) is 0.828. The molecule has 0 atom stereocenters. The molecule has 86 valence electrons. The first kappa shape index (κ1) is 10.9. The maximum atomic E-state index is 13.5. The fourth-order valence-corrected chi connectivity index (χ4v) is 2.12. The Kier molecular flexibility index (Phi) is 3.08. The zero-order chi connectivity index (χ0) is 11.5. The lowest BCUT2D eigenvalue weighted by atomic mass is 10.1. The molecule has 0 unspecified atom stereocenters. The van der Waals surface area contributed by atoms with E-state index in [1.807, 2.05) is 0 Å². The maximum absolute atomic E-state index is 13.5. The van der Waals surface area contributed by atoms with E-state index in [4.69, 9.17) is 5.11 Å². The van der Waals surface area contributed by atoms with Gasteiger partial charge in [0.25, 0.3) is 0 Å². The summed E-state index contributed by atoms with van der Waals surface area (Å²) in [5, 5.41) is 12.0. The van der Waals surface area contributed by atoms with Gasteiger partial charge < -0.3 is 10.4 Å². The van der Waals surface area contributed by atoms with E-state index in [0.717, 1.165) is 25.7 Å². The molecular formula is C12H14FNO2. The number of benzene rings is 1. The summed E-state index contributed by atoms with van der Waals surface area (Å²) < 4.78 is 13.5. The van der Waals surface area contributed by atoms with Crippen LogP contribution in [0.15, 0.2) is 18.2 Å². The smallest absolute Gasteiger partial charge is 0.337 e. The van der Waals surface area contributed by atoms with E-state index in [2.05, 4.69) is 5.32 Å². The van der Waals surface area contributed by atoms with Crippen molar-refractivity contribution in [1.29, 1.82) is 0 Å². The molecule has 1 saturated carbocycles. The Balaban J connectivity index is 2.26. The second kappa shape index (κ2) is 4.51. The maximum Gasteiger partial charge on any atom is 0.337 e. The first-order chi connectivity index (χ1) is 7.68. The molecule has 16 heavy (non-hydrogen) atoms. The van der Waals surface area contributed by atoms with Crippen molar-refractivity contribution in [3.8, 4) is 0 Å². The van der Waals surface area contributed by atoms with Gasteiger partial charge in [-0.05, 0) is 25.0 Å². The number of aromatic carboxylic acids is 1. The van der Waals surface area contributed by atoms with Crippen molar-refractivity contribution in [1.82, 2.24) is 0 Å². The fraction of sp³-hybridized carbons (Fsp3) is 0.417. The van der Waals surface area contributed by atoms with Crippen LogP contribution in [-0.4, -0.2) is 17.1 Å². The number of halogens is 1. The minimum absolute atomic E-state index is 0.00639. The van der Waals surface area contributed by atoms with Crippen LogP contribution < -0.4 is 5.32 Å². The monoisotopic (exact) mass is 223 g/mol. The Morgan fingerprint density at radius 3 is 2.69 bits per heavy atom. The summed E-state index contributed by atoms with van der Waals surface area (Å²) >= 11 is 0. The molecule has 0 saturated heterocycles. The molecule has 0 aromatic heterocycles. The molecule has 0 aliphatic heterocycles. The number of anilines is 1. The molecule has 1 aromatic rings. The highest BCUT2D eigenvalue weighted by Crippen LogP contribution is 2.26. The molecule has 3 nitrogen and oxygen atoms in total.